The molecule has 0 saturated carbocycles. The van der Waals surface area contributed by atoms with Gasteiger partial charge in [-0.1, -0.05) is 13.0 Å². The zero-order valence-electron chi connectivity index (χ0n) is 5.76. The molecule has 1 radical (unpaired) electrons. The number of hydrogen-bond donors (Lipinski definition) is 0. The number of carbonyl (C=O) groups excluding carboxylic acids is 1. The summed E-state index contributed by atoms with van der Waals surface area (Å²) < 4.78 is 4.45. The molecule has 0 aromatic carbocycles. The first-order chi connectivity index (χ1) is 4.31. The van der Waals surface area contributed by atoms with Crippen LogP contribution in [0.15, 0.2) is 12.2 Å². The summed E-state index contributed by atoms with van der Waals surface area (Å²) in [6.07, 6.45) is 4.60. The van der Waals surface area contributed by atoms with Crippen molar-refractivity contribution in [3.05, 3.63) is 12.2 Å². The van der Waals surface area contributed by atoms with Crippen LogP contribution >= 0.6 is 0 Å². The van der Waals surface area contributed by atoms with E-state index in [1.807, 2.05) is 19.1 Å². The van der Waals surface area contributed by atoms with Crippen LogP contribution in [0.2, 0.25) is 0 Å². The third-order valence-electron chi connectivity index (χ3n) is 0.877. The molecule has 2 nitrogen and oxygen atoms in total. The Bertz CT molecular complexity index is 97.1. The molecule has 0 N–H and O–H groups in total. The van der Waals surface area contributed by atoms with Crippen LogP contribution in [0.25, 0.3) is 0 Å². The Morgan fingerprint density at radius 3 is 2.89 bits per heavy atom. The maximum atomic E-state index is 9.60. The Hall–Kier alpha value is -0.790. The molecular formula is C7H11O2. The highest BCUT2D eigenvalue weighted by molar-refractivity contribution is 5.39. The first-order valence-electron chi connectivity index (χ1n) is 3.00. The summed E-state index contributed by atoms with van der Waals surface area (Å²) >= 11 is 0. The lowest BCUT2D eigenvalue weighted by atomic mass is 10.3. The molecule has 2 heteroatoms. The zero-order valence-corrected chi connectivity index (χ0v) is 5.76. The van der Waals surface area contributed by atoms with Crippen molar-refractivity contribution < 1.29 is 9.53 Å². The largest absolute Gasteiger partial charge is 0.450 e. The van der Waals surface area contributed by atoms with Gasteiger partial charge in [-0.2, -0.15) is 0 Å². The van der Waals surface area contributed by atoms with Gasteiger partial charge in [-0.15, -0.1) is 0 Å². The number of allylic oxidation sites excluding steroid dienone is 1. The minimum Gasteiger partial charge on any atom is -0.450 e. The molecule has 9 heavy (non-hydrogen) atoms. The van der Waals surface area contributed by atoms with E-state index < -0.39 is 0 Å². The molecule has 1 atom stereocenters. The average molecular weight is 127 g/mol. The second kappa shape index (κ2) is 5.35. The Kier molecular flexibility index (Phi) is 4.88. The number of hydrogen-bond acceptors (Lipinski definition) is 2. The van der Waals surface area contributed by atoms with Gasteiger partial charge in [0.25, 0.3) is 0 Å². The van der Waals surface area contributed by atoms with Gasteiger partial charge in [0.1, 0.15) is 6.10 Å². The van der Waals surface area contributed by atoms with Gasteiger partial charge in [-0.05, 0) is 19.4 Å². The van der Waals surface area contributed by atoms with Gasteiger partial charge in [0.15, 0.2) is 0 Å². The number of ether oxygens (including phenoxy) is 1. The maximum absolute atomic E-state index is 9.60. The van der Waals surface area contributed by atoms with Crippen LogP contribution in [0.3, 0.4) is 0 Å². The molecular weight excluding hydrogens is 116 g/mol. The quantitative estimate of drug-likeness (QED) is 0.534. The molecule has 0 aliphatic rings. The lowest BCUT2D eigenvalue weighted by Gasteiger charge is -1.99. The predicted molar refractivity (Wildman–Crippen MR) is 35.7 cm³/mol. The fourth-order valence-corrected chi connectivity index (χ4v) is 0.443. The van der Waals surface area contributed by atoms with E-state index in [9.17, 15) is 4.79 Å². The van der Waals surface area contributed by atoms with Crippen molar-refractivity contribution in [1.82, 2.24) is 0 Å². The first kappa shape index (κ1) is 8.21. The minimum atomic E-state index is -0.137. The van der Waals surface area contributed by atoms with Crippen LogP contribution in [0.5, 0.6) is 0 Å². The predicted octanol–water partition coefficient (Wildman–Crippen LogP) is 1.42. The fraction of sp³-hybridized carbons (Fsp3) is 0.571. The summed E-state index contributed by atoms with van der Waals surface area (Å²) in [5.74, 6) is 0. The van der Waals surface area contributed by atoms with Gasteiger partial charge in [0.05, 0.1) is 0 Å². The Morgan fingerprint density at radius 1 is 1.78 bits per heavy atom. The van der Waals surface area contributed by atoms with E-state index >= 15 is 0 Å². The smallest absolute Gasteiger partial charge is 0.418 e. The van der Waals surface area contributed by atoms with Crippen molar-refractivity contribution >= 4 is 6.47 Å². The normalized spacial score (nSPS) is 13.6. The van der Waals surface area contributed by atoms with E-state index in [-0.39, 0.29) is 6.10 Å². The summed E-state index contributed by atoms with van der Waals surface area (Å²) in [6, 6.07) is 0. The molecule has 0 rings (SSSR count). The van der Waals surface area contributed by atoms with Gasteiger partial charge < -0.3 is 4.74 Å². The summed E-state index contributed by atoms with van der Waals surface area (Å²) in [4.78, 5) is 9.60. The third-order valence-corrected chi connectivity index (χ3v) is 0.877. The molecule has 0 heterocycles. The second-order valence-corrected chi connectivity index (χ2v) is 1.74. The Morgan fingerprint density at radius 2 is 2.44 bits per heavy atom. The molecule has 0 spiro atoms. The lowest BCUT2D eigenvalue weighted by Crippen LogP contribution is -2.01. The van der Waals surface area contributed by atoms with Gasteiger partial charge >= 0.3 is 6.47 Å². The highest BCUT2D eigenvalue weighted by Gasteiger charge is 1.91. The van der Waals surface area contributed by atoms with E-state index in [1.54, 1.807) is 6.92 Å². The Labute approximate surface area is 55.5 Å². The average Bonchev–Trinajstić information content (AvgIpc) is 1.85. The third kappa shape index (κ3) is 5.07. The van der Waals surface area contributed by atoms with Gasteiger partial charge in [-0.25, -0.2) is 4.79 Å². The van der Waals surface area contributed by atoms with Crippen LogP contribution in [-0.2, 0) is 9.53 Å². The standard InChI is InChI=1S/C7H11O2/c1-3-4-5-7(2)9-6-8/h4-5,7H,3H2,1-2H3/b5-4+. The summed E-state index contributed by atoms with van der Waals surface area (Å²) in [5, 5.41) is 0. The van der Waals surface area contributed by atoms with E-state index in [4.69, 9.17) is 0 Å². The van der Waals surface area contributed by atoms with E-state index in [0.29, 0.717) is 0 Å². The SMILES string of the molecule is CC/C=C/C(C)O[C]=O. The molecule has 0 aliphatic heterocycles. The summed E-state index contributed by atoms with van der Waals surface area (Å²) in [7, 11) is 0. The molecule has 0 saturated heterocycles. The fourth-order valence-electron chi connectivity index (χ4n) is 0.443. The zero-order chi connectivity index (χ0) is 7.11. The van der Waals surface area contributed by atoms with Crippen LogP contribution < -0.4 is 0 Å². The van der Waals surface area contributed by atoms with E-state index in [1.165, 1.54) is 6.47 Å². The second-order valence-electron chi connectivity index (χ2n) is 1.74. The molecule has 1 unspecified atom stereocenters. The van der Waals surface area contributed by atoms with Crippen LogP contribution in [0, 0.1) is 0 Å². The van der Waals surface area contributed by atoms with E-state index in [2.05, 4.69) is 4.74 Å². The summed E-state index contributed by atoms with van der Waals surface area (Å²) in [5.41, 5.74) is 0. The lowest BCUT2D eigenvalue weighted by molar-refractivity contribution is 0.236. The minimum absolute atomic E-state index is 0.137. The van der Waals surface area contributed by atoms with Crippen molar-refractivity contribution in [3.8, 4) is 0 Å². The van der Waals surface area contributed by atoms with Gasteiger partial charge in [-0.3, -0.25) is 0 Å². The van der Waals surface area contributed by atoms with Crippen molar-refractivity contribution in [2.75, 3.05) is 0 Å². The van der Waals surface area contributed by atoms with Crippen LogP contribution in [-0.4, -0.2) is 12.6 Å². The first-order valence-corrected chi connectivity index (χ1v) is 3.00. The Balaban J connectivity index is 3.35. The van der Waals surface area contributed by atoms with Crippen molar-refractivity contribution in [1.29, 1.82) is 0 Å². The van der Waals surface area contributed by atoms with Crippen LogP contribution in [0.4, 0.5) is 0 Å². The monoisotopic (exact) mass is 127 g/mol. The molecule has 0 aromatic heterocycles. The molecule has 51 valence electrons. The van der Waals surface area contributed by atoms with Crippen molar-refractivity contribution in [2.24, 2.45) is 0 Å². The highest BCUT2D eigenvalue weighted by Crippen LogP contribution is 1.90. The van der Waals surface area contributed by atoms with Crippen molar-refractivity contribution in [3.63, 3.8) is 0 Å². The maximum Gasteiger partial charge on any atom is 0.418 e. The van der Waals surface area contributed by atoms with Crippen LogP contribution in [0.1, 0.15) is 20.3 Å². The highest BCUT2D eigenvalue weighted by atomic mass is 16.5. The van der Waals surface area contributed by atoms with Gasteiger partial charge in [0, 0.05) is 0 Å². The van der Waals surface area contributed by atoms with Gasteiger partial charge in [0.2, 0.25) is 0 Å². The molecule has 0 aromatic rings. The van der Waals surface area contributed by atoms with E-state index in [0.717, 1.165) is 6.42 Å². The number of rotatable bonds is 4. The topological polar surface area (TPSA) is 26.3 Å². The summed E-state index contributed by atoms with van der Waals surface area (Å²) in [6.45, 7) is 5.19. The molecule has 0 aliphatic carbocycles. The van der Waals surface area contributed by atoms with Crippen molar-refractivity contribution in [2.45, 2.75) is 26.4 Å². The molecule has 0 fully saturated rings. The molecule has 0 bridgehead atoms. The molecule has 0 amide bonds.